The van der Waals surface area contributed by atoms with Gasteiger partial charge < -0.3 is 119 Å². The van der Waals surface area contributed by atoms with E-state index < -0.39 is 224 Å². The lowest BCUT2D eigenvalue weighted by Crippen LogP contribution is -2.76. The Balaban J connectivity index is 1.03. The zero-order valence-corrected chi connectivity index (χ0v) is 50.3. The van der Waals surface area contributed by atoms with Gasteiger partial charge in [0, 0.05) is 23.3 Å². The highest BCUT2D eigenvalue weighted by Crippen LogP contribution is 2.76. The highest BCUT2D eigenvalue weighted by atomic mass is 16.8. The highest BCUT2D eigenvalue weighted by molar-refractivity contribution is 5.87. The van der Waals surface area contributed by atoms with Gasteiger partial charge in [-0.1, -0.05) is 66.2 Å². The van der Waals surface area contributed by atoms with Crippen molar-refractivity contribution < 1.29 is 133 Å². The van der Waals surface area contributed by atoms with Crippen molar-refractivity contribution in [3.8, 4) is 0 Å². The summed E-state index contributed by atoms with van der Waals surface area (Å²) in [4.78, 5) is 39.6. The van der Waals surface area contributed by atoms with Gasteiger partial charge in [-0.05, 0) is 86.4 Å². The Bertz CT molecular complexity index is 2530. The predicted molar refractivity (Wildman–Crippen MR) is 290 cm³/mol. The van der Waals surface area contributed by atoms with E-state index in [1.54, 1.807) is 19.9 Å². The number of aliphatic hydroxyl groups is 13. The van der Waals surface area contributed by atoms with Gasteiger partial charge >= 0.3 is 17.9 Å². The van der Waals surface area contributed by atoms with E-state index >= 15 is 0 Å². The average Bonchev–Trinajstić information content (AvgIpc) is 0.668. The molecule has 86 heavy (non-hydrogen) atoms. The third-order valence-corrected chi connectivity index (χ3v) is 22.3. The van der Waals surface area contributed by atoms with Crippen molar-refractivity contribution in [1.82, 2.24) is 0 Å². The van der Waals surface area contributed by atoms with Gasteiger partial charge in [0.1, 0.15) is 85.5 Å². The Hall–Kier alpha value is -2.95. The molecule has 9 aliphatic rings. The minimum Gasteiger partial charge on any atom is -0.479 e. The van der Waals surface area contributed by atoms with Crippen molar-refractivity contribution in [3.63, 3.8) is 0 Å². The van der Waals surface area contributed by atoms with Crippen LogP contribution >= 0.6 is 0 Å². The number of esters is 2. The van der Waals surface area contributed by atoms with E-state index in [4.69, 9.17) is 47.4 Å². The van der Waals surface area contributed by atoms with E-state index in [0.29, 0.717) is 31.3 Å². The van der Waals surface area contributed by atoms with Gasteiger partial charge in [-0.25, -0.2) is 9.59 Å². The van der Waals surface area contributed by atoms with E-state index in [1.807, 2.05) is 34.6 Å². The van der Waals surface area contributed by atoms with Crippen LogP contribution in [0.15, 0.2) is 23.3 Å². The first-order valence-corrected chi connectivity index (χ1v) is 29.9. The summed E-state index contributed by atoms with van der Waals surface area (Å²) < 4.78 is 60.2. The monoisotopic (exact) mass is 1230 g/mol. The van der Waals surface area contributed by atoms with Crippen LogP contribution in [0.2, 0.25) is 0 Å². The largest absolute Gasteiger partial charge is 0.479 e. The Morgan fingerprint density at radius 2 is 1.26 bits per heavy atom. The molecule has 2 unspecified atom stereocenters. The molecule has 4 heterocycles. The lowest BCUT2D eigenvalue weighted by Gasteiger charge is -2.73. The topological polar surface area (TPSA) is 427 Å². The summed E-state index contributed by atoms with van der Waals surface area (Å²) >= 11 is 0. The van der Waals surface area contributed by atoms with Crippen LogP contribution in [-0.4, -0.2) is 257 Å². The highest BCUT2D eigenvalue weighted by Gasteiger charge is 2.76. The number of hydrogen-bond donors (Lipinski definition) is 14. The Labute approximate surface area is 498 Å². The summed E-state index contributed by atoms with van der Waals surface area (Å²) in [5.74, 6) is -4.14. The molecule has 14 N–H and O–H groups in total. The van der Waals surface area contributed by atoms with Crippen LogP contribution in [0.25, 0.3) is 0 Å². The lowest BCUT2D eigenvalue weighted by molar-refractivity contribution is -0.396. The van der Waals surface area contributed by atoms with Crippen LogP contribution < -0.4 is 0 Å². The molecule has 0 spiro atoms. The van der Waals surface area contributed by atoms with E-state index in [9.17, 15) is 85.9 Å². The zero-order valence-electron chi connectivity index (χ0n) is 50.3. The minimum atomic E-state index is -2.22. The molecule has 5 aliphatic carbocycles. The van der Waals surface area contributed by atoms with Gasteiger partial charge in [0.25, 0.3) is 0 Å². The van der Waals surface area contributed by atoms with Crippen LogP contribution in [0, 0.1) is 50.2 Å². The van der Waals surface area contributed by atoms with Crippen LogP contribution in [0.3, 0.4) is 0 Å². The second kappa shape index (κ2) is 24.6. The first kappa shape index (κ1) is 67.4. The van der Waals surface area contributed by atoms with Crippen LogP contribution in [0.5, 0.6) is 0 Å². The van der Waals surface area contributed by atoms with Gasteiger partial charge in [-0.3, -0.25) is 4.79 Å². The van der Waals surface area contributed by atoms with Crippen molar-refractivity contribution in [2.24, 2.45) is 50.2 Å². The number of carboxylic acids is 1. The fraction of sp³-hybridized carbons (Fsp3) is 0.881. The molecule has 4 saturated carbocycles. The van der Waals surface area contributed by atoms with Crippen molar-refractivity contribution in [1.29, 1.82) is 0 Å². The van der Waals surface area contributed by atoms with Gasteiger partial charge in [0.05, 0.1) is 50.2 Å². The smallest absolute Gasteiger partial charge is 0.335 e. The molecule has 4 saturated heterocycles. The third kappa shape index (κ3) is 10.8. The molecule has 30 atom stereocenters. The second-order valence-electron chi connectivity index (χ2n) is 27.6. The van der Waals surface area contributed by atoms with Crippen LogP contribution in [0.4, 0.5) is 0 Å². The molecule has 0 amide bonds. The summed E-state index contributed by atoms with van der Waals surface area (Å²) in [5, 5.41) is 157. The Kier molecular flexibility index (Phi) is 19.3. The summed E-state index contributed by atoms with van der Waals surface area (Å²) in [6.45, 7) is 15.8. The fourth-order valence-corrected chi connectivity index (χ4v) is 17.2. The normalized spacial score (nSPS) is 50.9. The van der Waals surface area contributed by atoms with E-state index in [2.05, 4.69) is 19.9 Å². The Morgan fingerprint density at radius 3 is 1.87 bits per heavy atom. The molecule has 0 aromatic carbocycles. The third-order valence-electron chi connectivity index (χ3n) is 22.3. The van der Waals surface area contributed by atoms with Crippen molar-refractivity contribution in [2.45, 2.75) is 249 Å². The van der Waals surface area contributed by atoms with Gasteiger partial charge in [0.2, 0.25) is 0 Å². The molecule has 0 radical (unpaired) electrons. The maximum absolute atomic E-state index is 13.5. The molecule has 9 rings (SSSR count). The lowest BCUT2D eigenvalue weighted by atomic mass is 9.32. The quantitative estimate of drug-likeness (QED) is 0.0379. The van der Waals surface area contributed by atoms with Crippen LogP contribution in [-0.2, 0) is 61.8 Å². The first-order valence-electron chi connectivity index (χ1n) is 29.9. The van der Waals surface area contributed by atoms with Gasteiger partial charge in [-0.2, -0.15) is 0 Å². The van der Waals surface area contributed by atoms with Gasteiger partial charge in [-0.15, -0.1) is 0 Å². The average molecular weight is 1230 g/mol. The van der Waals surface area contributed by atoms with Crippen molar-refractivity contribution in [3.05, 3.63) is 23.3 Å². The number of ether oxygens (including phenoxy) is 10. The molecule has 27 nitrogen and oxygen atoms in total. The molecule has 4 aliphatic heterocycles. The first-order chi connectivity index (χ1) is 40.1. The number of carbonyl (C=O) groups excluding carboxylic acids is 2. The molecule has 0 bridgehead atoms. The molecule has 8 fully saturated rings. The Morgan fingerprint density at radius 1 is 0.640 bits per heavy atom. The SMILES string of the molecule is C/C=C(\C)C(=O)O[C@@H]1[C@@H](OC(C)=O)[C@]2(CO)[C@H](CC1(C)C)C1=CCC3[C@]4(C)CC[C@@H](O[C@H]5O[C@@H](C(=O)O)[C@H](O)[C@@H](O[C@H]6OC[C@@H](O)[C@@H](O[C@H]7OC[C@@H](O)[C@@H](O)[C@@H]7O)[C@@H]6O)[C@@H]5O[C@H]5O[C@@H](CO)[C@H](O)[C@@H](O)[C@@H]5O)C(C)(C)C4CC[C@]3(C)[C@@]1(C)[C@H](O)[C@@H]2O. The van der Waals surface area contributed by atoms with Crippen molar-refractivity contribution >= 4 is 17.9 Å². The number of allylic oxidation sites excluding steroid dienone is 2. The molecule has 0 aromatic heterocycles. The summed E-state index contributed by atoms with van der Waals surface area (Å²) in [7, 11) is 0. The minimum absolute atomic E-state index is 0.181. The van der Waals surface area contributed by atoms with E-state index in [0.717, 1.165) is 5.57 Å². The second-order valence-corrected chi connectivity index (χ2v) is 27.6. The number of aliphatic hydroxyl groups excluding tert-OH is 13. The summed E-state index contributed by atoms with van der Waals surface area (Å²) in [6.07, 6.45) is -34.0. The standard InChI is InChI=1S/C59H92O27/c1-11-23(2)49(76)86-46-47(79-24(3)62)59(22-61)26(18-54(46,4)5)25-12-13-31-56(8)16-15-32(55(6,7)30(56)14-17-57(31,9)58(25,10)44(72)45(59)73)81-53-43(85-52-37(69)35(67)34(66)29(19-60)80-52)41(38(70)42(84-53)48(74)75)83-51-39(71)40(28(64)21-78-51)82-50-36(68)33(65)27(63)20-77-50/h11-12,26-47,50-53,60-61,63-73H,13-22H2,1-10H3,(H,74,75)/b23-11+/t26-,27-,28-,29+,30?,31?,32-,33-,34+,35-,36+,37+,38-,39+,40-,41-,42-,43+,44-,45+,46-,47-,50-,51-,52-,53+,56-,57+,58-,59-/m1/s1. The zero-order chi connectivity index (χ0) is 63.5. The van der Waals surface area contributed by atoms with E-state index in [-0.39, 0.29) is 24.7 Å². The molecule has 490 valence electrons. The maximum atomic E-state index is 13.5. The number of rotatable bonds is 14. The van der Waals surface area contributed by atoms with Crippen LogP contribution in [0.1, 0.15) is 108 Å². The summed E-state index contributed by atoms with van der Waals surface area (Å²) in [5.41, 5.74) is -4.78. The molecular weight excluding hydrogens is 1140 g/mol. The number of aliphatic carboxylic acids is 1. The molecule has 0 aromatic rings. The number of fused-ring (bicyclic) bond motifs is 7. The maximum Gasteiger partial charge on any atom is 0.335 e. The number of carboxylic acid groups (broad SMARTS) is 1. The molecular formula is C59H92O27. The van der Waals surface area contributed by atoms with Crippen molar-refractivity contribution in [2.75, 3.05) is 26.4 Å². The van der Waals surface area contributed by atoms with Gasteiger partial charge in [0.15, 0.2) is 37.4 Å². The number of hydrogen-bond acceptors (Lipinski definition) is 26. The predicted octanol–water partition coefficient (Wildman–Crippen LogP) is -2.22. The van der Waals surface area contributed by atoms with E-state index in [1.165, 1.54) is 6.92 Å². The fourth-order valence-electron chi connectivity index (χ4n) is 17.2. The molecule has 27 heteroatoms. The number of carbonyl (C=O) groups is 3. The summed E-state index contributed by atoms with van der Waals surface area (Å²) in [6, 6.07) is 0.